The van der Waals surface area contributed by atoms with Gasteiger partial charge in [-0.3, -0.25) is 14.6 Å². The first-order chi connectivity index (χ1) is 23.9. The van der Waals surface area contributed by atoms with Gasteiger partial charge in [-0.2, -0.15) is 5.26 Å². The Labute approximate surface area is 288 Å². The summed E-state index contributed by atoms with van der Waals surface area (Å²) in [6.45, 7) is 11.2. The van der Waals surface area contributed by atoms with Crippen LogP contribution in [0.2, 0.25) is 0 Å². The van der Waals surface area contributed by atoms with E-state index in [1.54, 1.807) is 25.3 Å². The van der Waals surface area contributed by atoms with Crippen LogP contribution in [0, 0.1) is 11.3 Å². The molecule has 12 heteroatoms. The molecule has 2 saturated heterocycles. The van der Waals surface area contributed by atoms with E-state index in [2.05, 4.69) is 60.2 Å². The molecule has 3 fully saturated rings. The molecule has 0 unspecified atom stereocenters. The van der Waals surface area contributed by atoms with Crippen molar-refractivity contribution in [2.24, 2.45) is 0 Å². The van der Waals surface area contributed by atoms with Crippen molar-refractivity contribution in [3.63, 3.8) is 0 Å². The molecule has 3 heterocycles. The molecule has 2 atom stereocenters. The third-order valence-electron chi connectivity index (χ3n) is 9.90. The Kier molecular flexibility index (Phi) is 10.9. The summed E-state index contributed by atoms with van der Waals surface area (Å²) >= 11 is 0. The highest BCUT2D eigenvalue weighted by Gasteiger charge is 2.37. The minimum absolute atomic E-state index is 0.0401. The number of piperidine rings is 1. The highest BCUT2D eigenvalue weighted by molar-refractivity contribution is 6.02. The Balaban J connectivity index is 1.18. The first-order valence-electron chi connectivity index (χ1n) is 17.3. The molecule has 4 N–H and O–H groups in total. The molecule has 1 aromatic heterocycles. The number of nitrogens with zero attached hydrogens (tertiary/aromatic N) is 6. The molecule has 49 heavy (non-hydrogen) atoms. The normalized spacial score (nSPS) is 19.5. The van der Waals surface area contributed by atoms with Crippen LogP contribution in [0.5, 0.6) is 5.75 Å². The molecular weight excluding hydrogens is 618 g/mol. The van der Waals surface area contributed by atoms with E-state index in [-0.39, 0.29) is 18.6 Å². The number of carbonyl (C=O) groups is 1. The number of hydrogen-bond donors (Lipinski definition) is 4. The zero-order valence-electron chi connectivity index (χ0n) is 28.4. The number of aliphatic hydroxyl groups is 1. The maximum atomic E-state index is 12.6. The number of amides is 1. The molecule has 0 radical (unpaired) electrons. The van der Waals surface area contributed by atoms with Crippen molar-refractivity contribution in [2.75, 3.05) is 67.3 Å². The van der Waals surface area contributed by atoms with Gasteiger partial charge in [0.05, 0.1) is 41.8 Å². The molecule has 1 amide bonds. The molecule has 258 valence electrons. The van der Waals surface area contributed by atoms with Gasteiger partial charge in [-0.05, 0) is 68.9 Å². The van der Waals surface area contributed by atoms with Crippen LogP contribution in [0.4, 0.5) is 28.7 Å². The van der Waals surface area contributed by atoms with Gasteiger partial charge in [-0.25, -0.2) is 9.97 Å². The summed E-state index contributed by atoms with van der Waals surface area (Å²) in [6, 6.07) is 16.7. The monoisotopic (exact) mass is 665 g/mol. The maximum Gasteiger partial charge on any atom is 0.247 e. The number of benzene rings is 2. The van der Waals surface area contributed by atoms with Crippen LogP contribution in [0.1, 0.15) is 56.2 Å². The zero-order chi connectivity index (χ0) is 34.3. The third-order valence-corrected chi connectivity index (χ3v) is 9.90. The number of nitriles is 1. The Morgan fingerprint density at radius 2 is 1.88 bits per heavy atom. The highest BCUT2D eigenvalue weighted by Crippen LogP contribution is 2.40. The second kappa shape index (κ2) is 15.7. The predicted octanol–water partition coefficient (Wildman–Crippen LogP) is 4.90. The van der Waals surface area contributed by atoms with Gasteiger partial charge in [-0.15, -0.1) is 0 Å². The number of methoxy groups -OCH3 is 1. The Morgan fingerprint density at radius 3 is 2.57 bits per heavy atom. The lowest BCUT2D eigenvalue weighted by Crippen LogP contribution is -2.57. The zero-order valence-corrected chi connectivity index (χ0v) is 28.4. The number of aliphatic hydroxyl groups excluding tert-OH is 1. The summed E-state index contributed by atoms with van der Waals surface area (Å²) in [7, 11) is 1.63. The van der Waals surface area contributed by atoms with Gasteiger partial charge in [-0.1, -0.05) is 18.7 Å². The van der Waals surface area contributed by atoms with Crippen molar-refractivity contribution < 1.29 is 14.6 Å². The van der Waals surface area contributed by atoms with Crippen LogP contribution in [-0.2, 0) is 4.79 Å². The first kappa shape index (κ1) is 34.2. The van der Waals surface area contributed by atoms with Gasteiger partial charge in [0, 0.05) is 69.6 Å². The van der Waals surface area contributed by atoms with Crippen molar-refractivity contribution in [1.29, 1.82) is 5.26 Å². The lowest BCUT2D eigenvalue weighted by Gasteiger charge is -2.47. The molecule has 1 aliphatic carbocycles. The summed E-state index contributed by atoms with van der Waals surface area (Å²) in [6.07, 6.45) is 7.97. The smallest absolute Gasteiger partial charge is 0.247 e. The second-order valence-corrected chi connectivity index (χ2v) is 13.2. The minimum atomic E-state index is -0.293. The van der Waals surface area contributed by atoms with Crippen molar-refractivity contribution >= 4 is 34.6 Å². The summed E-state index contributed by atoms with van der Waals surface area (Å²) < 4.78 is 5.86. The van der Waals surface area contributed by atoms with E-state index in [0.717, 1.165) is 56.3 Å². The fraction of sp³-hybridized carbons (Fsp3) is 0.459. The van der Waals surface area contributed by atoms with E-state index in [0.29, 0.717) is 52.8 Å². The summed E-state index contributed by atoms with van der Waals surface area (Å²) in [5.74, 6) is 1.37. The van der Waals surface area contributed by atoms with Crippen molar-refractivity contribution in [2.45, 2.75) is 63.2 Å². The fourth-order valence-corrected chi connectivity index (χ4v) is 7.23. The van der Waals surface area contributed by atoms with Crippen molar-refractivity contribution in [3.8, 4) is 11.8 Å². The maximum absolute atomic E-state index is 12.6. The number of anilines is 5. The van der Waals surface area contributed by atoms with Crippen LogP contribution >= 0.6 is 0 Å². The molecule has 2 aromatic carbocycles. The Morgan fingerprint density at radius 1 is 1.08 bits per heavy atom. The average Bonchev–Trinajstić information content (AvgIpc) is 3.98. The van der Waals surface area contributed by atoms with Gasteiger partial charge in [0.25, 0.3) is 0 Å². The summed E-state index contributed by atoms with van der Waals surface area (Å²) in [5.41, 5.74) is 3.60. The lowest BCUT2D eigenvalue weighted by molar-refractivity contribution is -0.111. The highest BCUT2D eigenvalue weighted by atomic mass is 16.5. The summed E-state index contributed by atoms with van der Waals surface area (Å²) in [4.78, 5) is 29.1. The SMILES string of the molecule is C=CC(=O)Nc1cc(Nc2cc(N[C@H](CCO)c3cccc(C#N)c3)ncn2)c(OC)cc1N1CCC(N2CCN(C3CC3)C[C@@H]2C)CC1. The van der Waals surface area contributed by atoms with Crippen molar-refractivity contribution in [1.82, 2.24) is 19.8 Å². The average molecular weight is 666 g/mol. The van der Waals surface area contributed by atoms with Crippen LogP contribution in [-0.4, -0.2) is 95.3 Å². The van der Waals surface area contributed by atoms with Crippen molar-refractivity contribution in [3.05, 3.63) is 72.6 Å². The molecule has 3 aromatic rings. The number of piperazine rings is 1. The van der Waals surface area contributed by atoms with Crippen LogP contribution in [0.3, 0.4) is 0 Å². The number of carbonyl (C=O) groups excluding carboxylic acids is 1. The molecule has 0 bridgehead atoms. The number of rotatable bonds is 13. The van der Waals surface area contributed by atoms with Gasteiger partial charge in [0.15, 0.2) is 0 Å². The van der Waals surface area contributed by atoms with E-state index in [1.807, 2.05) is 24.3 Å². The van der Waals surface area contributed by atoms with E-state index in [1.165, 1.54) is 31.8 Å². The molecule has 3 aliphatic rings. The Hall–Kier alpha value is -4.70. The molecular formula is C37H47N9O3. The van der Waals surface area contributed by atoms with E-state index in [4.69, 9.17) is 4.74 Å². The lowest BCUT2D eigenvalue weighted by atomic mass is 9.99. The van der Waals surface area contributed by atoms with Gasteiger partial charge < -0.3 is 30.7 Å². The Bertz CT molecular complexity index is 1660. The summed E-state index contributed by atoms with van der Waals surface area (Å²) in [5, 5.41) is 28.8. The fourth-order valence-electron chi connectivity index (χ4n) is 7.23. The van der Waals surface area contributed by atoms with E-state index >= 15 is 0 Å². The number of aromatic nitrogens is 2. The quantitative estimate of drug-likeness (QED) is 0.185. The third kappa shape index (κ3) is 8.31. The van der Waals surface area contributed by atoms with Gasteiger partial charge in [0.2, 0.25) is 5.91 Å². The molecule has 0 spiro atoms. The standard InChI is InChI=1S/C37H47N9O3/c1-4-37(48)43-31-19-32(42-36-21-35(39-24-40-36)41-30(12-17-47)27-7-5-6-26(18-27)22-38)34(49-3)20-33(31)44-13-10-29(11-14-44)46-16-15-45(23-25(46)2)28-8-9-28/h4-7,18-21,24-25,28-30,47H,1,8-17,23H2,2-3H3,(H,43,48)(H2,39,40,41,42)/t25-,30+/m0/s1. The van der Waals surface area contributed by atoms with E-state index < -0.39 is 0 Å². The number of nitrogens with one attached hydrogen (secondary N) is 3. The molecule has 1 saturated carbocycles. The molecule has 2 aliphatic heterocycles. The predicted molar refractivity (Wildman–Crippen MR) is 192 cm³/mol. The molecule has 6 rings (SSSR count). The first-order valence-corrected chi connectivity index (χ1v) is 17.3. The van der Waals surface area contributed by atoms with Gasteiger partial charge in [0.1, 0.15) is 23.7 Å². The largest absolute Gasteiger partial charge is 0.494 e. The van der Waals surface area contributed by atoms with E-state index in [9.17, 15) is 15.2 Å². The van der Waals surface area contributed by atoms with Gasteiger partial charge >= 0.3 is 0 Å². The van der Waals surface area contributed by atoms with Crippen LogP contribution in [0.15, 0.2) is 61.4 Å². The second-order valence-electron chi connectivity index (χ2n) is 13.2. The molecule has 12 nitrogen and oxygen atoms in total. The van der Waals surface area contributed by atoms with Crippen LogP contribution in [0.25, 0.3) is 0 Å². The number of ether oxygens (including phenoxy) is 1. The van der Waals surface area contributed by atoms with Crippen LogP contribution < -0.4 is 25.6 Å². The number of hydrogen-bond acceptors (Lipinski definition) is 11. The minimum Gasteiger partial charge on any atom is -0.494 e. The topological polar surface area (TPSA) is 142 Å².